The van der Waals surface area contributed by atoms with Crippen LogP contribution >= 0.6 is 27.7 Å². The summed E-state index contributed by atoms with van der Waals surface area (Å²) in [5.74, 6) is 0.0393. The first-order valence-corrected chi connectivity index (χ1v) is 8.57. The number of anilines is 1. The molecule has 1 amide bonds. The summed E-state index contributed by atoms with van der Waals surface area (Å²) in [5, 5.41) is -0.346. The molecule has 1 aliphatic rings. The Balaban J connectivity index is 2.03. The molecule has 1 saturated heterocycles. The summed E-state index contributed by atoms with van der Waals surface area (Å²) in [4.78, 5) is 13.7. The molecule has 2 aromatic rings. The number of alkyl halides is 3. The van der Waals surface area contributed by atoms with Gasteiger partial charge in [0.05, 0.1) is 11.3 Å². The van der Waals surface area contributed by atoms with Crippen LogP contribution in [0.3, 0.4) is 0 Å². The number of hydrogen-bond acceptors (Lipinski definition) is 2. The molecular formula is C16H11BrF3NOS. The Morgan fingerprint density at radius 3 is 2.57 bits per heavy atom. The zero-order chi connectivity index (χ0) is 16.6. The van der Waals surface area contributed by atoms with Gasteiger partial charge in [0, 0.05) is 10.2 Å². The summed E-state index contributed by atoms with van der Waals surface area (Å²) >= 11 is 4.84. The second kappa shape index (κ2) is 6.20. The number of amides is 1. The van der Waals surface area contributed by atoms with E-state index >= 15 is 0 Å². The molecular weight excluding hydrogens is 391 g/mol. The molecule has 0 aliphatic carbocycles. The zero-order valence-electron chi connectivity index (χ0n) is 11.7. The number of halogens is 4. The quantitative estimate of drug-likeness (QED) is 0.684. The number of thioether (sulfide) groups is 1. The third-order valence-electron chi connectivity index (χ3n) is 3.49. The highest BCUT2D eigenvalue weighted by Crippen LogP contribution is 2.44. The molecule has 1 heterocycles. The van der Waals surface area contributed by atoms with E-state index in [0.717, 1.165) is 22.2 Å². The van der Waals surface area contributed by atoms with Gasteiger partial charge in [-0.1, -0.05) is 40.2 Å². The van der Waals surface area contributed by atoms with Crippen molar-refractivity contribution in [3.05, 3.63) is 64.1 Å². The van der Waals surface area contributed by atoms with E-state index in [-0.39, 0.29) is 22.7 Å². The van der Waals surface area contributed by atoms with E-state index in [0.29, 0.717) is 0 Å². The highest BCUT2D eigenvalue weighted by atomic mass is 79.9. The fourth-order valence-corrected chi connectivity index (χ4v) is 4.31. The molecule has 7 heteroatoms. The van der Waals surface area contributed by atoms with Crippen LogP contribution in [0.1, 0.15) is 16.5 Å². The molecule has 0 radical (unpaired) electrons. The number of nitrogens with zero attached hydrogens (tertiary/aromatic N) is 1. The Labute approximate surface area is 143 Å². The minimum Gasteiger partial charge on any atom is -0.295 e. The van der Waals surface area contributed by atoms with Crippen LogP contribution in [0.25, 0.3) is 0 Å². The van der Waals surface area contributed by atoms with Crippen molar-refractivity contribution in [1.82, 2.24) is 0 Å². The molecule has 0 saturated carbocycles. The largest absolute Gasteiger partial charge is 0.416 e. The zero-order valence-corrected chi connectivity index (χ0v) is 14.1. The maximum absolute atomic E-state index is 12.9. The van der Waals surface area contributed by atoms with Gasteiger partial charge < -0.3 is 0 Å². The maximum atomic E-state index is 12.9. The first-order chi connectivity index (χ1) is 10.9. The lowest BCUT2D eigenvalue weighted by Crippen LogP contribution is -2.28. The van der Waals surface area contributed by atoms with Gasteiger partial charge in [-0.25, -0.2) is 0 Å². The fourth-order valence-electron chi connectivity index (χ4n) is 2.44. The summed E-state index contributed by atoms with van der Waals surface area (Å²) in [6.45, 7) is 0. The number of hydrogen-bond donors (Lipinski definition) is 0. The van der Waals surface area contributed by atoms with Gasteiger partial charge in [0.2, 0.25) is 5.91 Å². The predicted molar refractivity (Wildman–Crippen MR) is 88.3 cm³/mol. The van der Waals surface area contributed by atoms with Crippen LogP contribution in [0.2, 0.25) is 0 Å². The third kappa shape index (κ3) is 3.26. The van der Waals surface area contributed by atoms with Gasteiger partial charge in [-0.3, -0.25) is 9.69 Å². The topological polar surface area (TPSA) is 20.3 Å². The van der Waals surface area contributed by atoms with E-state index in [1.54, 1.807) is 0 Å². The van der Waals surface area contributed by atoms with Gasteiger partial charge in [0.25, 0.3) is 0 Å². The minimum atomic E-state index is -4.44. The lowest BCUT2D eigenvalue weighted by molar-refractivity contribution is -0.137. The smallest absolute Gasteiger partial charge is 0.295 e. The first-order valence-electron chi connectivity index (χ1n) is 6.73. The molecule has 2 aromatic carbocycles. The summed E-state index contributed by atoms with van der Waals surface area (Å²) in [6.07, 6.45) is -4.44. The van der Waals surface area contributed by atoms with E-state index in [9.17, 15) is 18.0 Å². The fraction of sp³-hybridized carbons (Fsp3) is 0.188. The summed E-state index contributed by atoms with van der Waals surface area (Å²) in [7, 11) is 0. The van der Waals surface area contributed by atoms with Gasteiger partial charge in [-0.05, 0) is 29.8 Å². The number of carbonyl (C=O) groups is 1. The van der Waals surface area contributed by atoms with E-state index in [1.165, 1.54) is 28.8 Å². The normalized spacial score (nSPS) is 18.5. The van der Waals surface area contributed by atoms with Crippen molar-refractivity contribution < 1.29 is 18.0 Å². The number of benzene rings is 2. The summed E-state index contributed by atoms with van der Waals surface area (Å²) in [6, 6.07) is 12.3. The lowest BCUT2D eigenvalue weighted by atomic mass is 10.1. The molecule has 1 aliphatic heterocycles. The Morgan fingerprint density at radius 2 is 1.87 bits per heavy atom. The van der Waals surface area contributed by atoms with Crippen molar-refractivity contribution in [2.75, 3.05) is 10.7 Å². The standard InChI is InChI=1S/C16H11BrF3NOS/c17-13-7-2-1-6-12(13)15-21(14(22)9-23-15)11-5-3-4-10(8-11)16(18,19)20/h1-8,15H,9H2/t15-/m0/s1. The third-order valence-corrected chi connectivity index (χ3v) is 5.41. The number of carbonyl (C=O) groups excluding carboxylic acids is 1. The van der Waals surface area contributed by atoms with Crippen molar-refractivity contribution >= 4 is 39.3 Å². The van der Waals surface area contributed by atoms with Gasteiger partial charge in [-0.2, -0.15) is 13.2 Å². The van der Waals surface area contributed by atoms with Crippen molar-refractivity contribution in [3.63, 3.8) is 0 Å². The van der Waals surface area contributed by atoms with Crippen LogP contribution in [-0.4, -0.2) is 11.7 Å². The molecule has 0 bridgehead atoms. The Kier molecular flexibility index (Phi) is 4.42. The van der Waals surface area contributed by atoms with E-state index in [4.69, 9.17) is 0 Å². The van der Waals surface area contributed by atoms with Gasteiger partial charge >= 0.3 is 6.18 Å². The molecule has 0 N–H and O–H groups in total. The molecule has 120 valence electrons. The van der Waals surface area contributed by atoms with Gasteiger partial charge in [0.1, 0.15) is 5.37 Å². The minimum absolute atomic E-state index is 0.199. The van der Waals surface area contributed by atoms with Crippen LogP contribution < -0.4 is 4.90 Å². The Hall–Kier alpha value is -1.47. The van der Waals surface area contributed by atoms with Crippen LogP contribution in [0.5, 0.6) is 0 Å². The van der Waals surface area contributed by atoms with Crippen LogP contribution in [0.4, 0.5) is 18.9 Å². The van der Waals surface area contributed by atoms with E-state index in [1.807, 2.05) is 24.3 Å². The Bertz CT molecular complexity index is 750. The summed E-state index contributed by atoms with van der Waals surface area (Å²) in [5.41, 5.74) is 0.363. The highest BCUT2D eigenvalue weighted by Gasteiger charge is 2.37. The average molecular weight is 402 g/mol. The molecule has 1 atom stereocenters. The monoisotopic (exact) mass is 401 g/mol. The second-order valence-corrected chi connectivity index (χ2v) is 6.92. The van der Waals surface area contributed by atoms with Crippen LogP contribution in [-0.2, 0) is 11.0 Å². The molecule has 0 aromatic heterocycles. The average Bonchev–Trinajstić information content (AvgIpc) is 2.88. The Morgan fingerprint density at radius 1 is 1.13 bits per heavy atom. The van der Waals surface area contributed by atoms with E-state index in [2.05, 4.69) is 15.9 Å². The predicted octanol–water partition coefficient (Wildman–Crippen LogP) is 5.25. The highest BCUT2D eigenvalue weighted by molar-refractivity contribution is 9.10. The maximum Gasteiger partial charge on any atom is 0.416 e. The van der Waals surface area contributed by atoms with Crippen molar-refractivity contribution in [2.24, 2.45) is 0 Å². The van der Waals surface area contributed by atoms with Crippen molar-refractivity contribution in [1.29, 1.82) is 0 Å². The first kappa shape index (κ1) is 16.4. The molecule has 0 unspecified atom stereocenters. The summed E-state index contributed by atoms with van der Waals surface area (Å²) < 4.78 is 39.6. The van der Waals surface area contributed by atoms with E-state index < -0.39 is 11.7 Å². The van der Waals surface area contributed by atoms with Crippen molar-refractivity contribution in [3.8, 4) is 0 Å². The molecule has 23 heavy (non-hydrogen) atoms. The van der Waals surface area contributed by atoms with Crippen molar-refractivity contribution in [2.45, 2.75) is 11.6 Å². The molecule has 1 fully saturated rings. The van der Waals surface area contributed by atoms with Crippen LogP contribution in [0.15, 0.2) is 53.0 Å². The second-order valence-electron chi connectivity index (χ2n) is 5.00. The molecule has 3 rings (SSSR count). The van der Waals surface area contributed by atoms with Crippen LogP contribution in [0, 0.1) is 0 Å². The lowest BCUT2D eigenvalue weighted by Gasteiger charge is -2.25. The molecule has 2 nitrogen and oxygen atoms in total. The van der Waals surface area contributed by atoms with Gasteiger partial charge in [0.15, 0.2) is 0 Å². The number of rotatable bonds is 2. The van der Waals surface area contributed by atoms with Gasteiger partial charge in [-0.15, -0.1) is 11.8 Å². The SMILES string of the molecule is O=C1CS[C@@H](c2ccccc2Br)N1c1cccc(C(F)(F)F)c1. The molecule has 0 spiro atoms.